The predicted octanol–water partition coefficient (Wildman–Crippen LogP) is 4.42. The van der Waals surface area contributed by atoms with E-state index in [2.05, 4.69) is 5.32 Å². The molecule has 0 saturated carbocycles. The van der Waals surface area contributed by atoms with Crippen molar-refractivity contribution in [3.8, 4) is 0 Å². The molecule has 0 bridgehead atoms. The van der Waals surface area contributed by atoms with E-state index < -0.39 is 0 Å². The lowest BCUT2D eigenvalue weighted by molar-refractivity contribution is 0.625. The second kappa shape index (κ2) is 6.19. The summed E-state index contributed by atoms with van der Waals surface area (Å²) in [5, 5.41) is 4.40. The van der Waals surface area contributed by atoms with Gasteiger partial charge in [0.15, 0.2) is 0 Å². The van der Waals surface area contributed by atoms with Crippen LogP contribution in [-0.4, -0.2) is 0 Å². The van der Waals surface area contributed by atoms with Crippen molar-refractivity contribution in [3.05, 3.63) is 69.5 Å². The first-order valence-corrected chi connectivity index (χ1v) is 6.30. The highest BCUT2D eigenvalue weighted by Gasteiger charge is 2.01. The summed E-state index contributed by atoms with van der Waals surface area (Å²) in [4.78, 5) is 0. The van der Waals surface area contributed by atoms with Gasteiger partial charge in [-0.05, 0) is 35.4 Å². The molecular weight excluding hydrogens is 272 g/mol. The molecule has 0 aliphatic heterocycles. The third kappa shape index (κ3) is 3.70. The zero-order chi connectivity index (χ0) is 13.0. The molecule has 2 aromatic rings. The Bertz CT molecular complexity index is 543. The quantitative estimate of drug-likeness (QED) is 0.876. The van der Waals surface area contributed by atoms with Crippen molar-refractivity contribution in [2.45, 2.75) is 13.1 Å². The topological polar surface area (TPSA) is 12.0 Å². The van der Waals surface area contributed by atoms with Crippen molar-refractivity contribution in [2.24, 2.45) is 0 Å². The first-order valence-electron chi connectivity index (χ1n) is 5.54. The minimum absolute atomic E-state index is 0.321. The maximum atomic E-state index is 12.9. The molecule has 0 aliphatic rings. The van der Waals surface area contributed by atoms with Crippen LogP contribution in [0.1, 0.15) is 11.1 Å². The molecule has 0 saturated heterocycles. The molecule has 18 heavy (non-hydrogen) atoms. The van der Waals surface area contributed by atoms with Crippen molar-refractivity contribution in [2.75, 3.05) is 0 Å². The lowest BCUT2D eigenvalue weighted by Gasteiger charge is -2.07. The number of hydrogen-bond acceptors (Lipinski definition) is 1. The third-order valence-electron chi connectivity index (χ3n) is 2.55. The molecule has 2 rings (SSSR count). The van der Waals surface area contributed by atoms with Crippen LogP contribution < -0.4 is 5.32 Å². The highest BCUT2D eigenvalue weighted by molar-refractivity contribution is 6.31. The van der Waals surface area contributed by atoms with Gasteiger partial charge in [0, 0.05) is 23.1 Å². The molecule has 1 nitrogen and oxygen atoms in total. The van der Waals surface area contributed by atoms with Crippen LogP contribution in [0.5, 0.6) is 0 Å². The third-order valence-corrected chi connectivity index (χ3v) is 3.14. The van der Waals surface area contributed by atoms with Crippen molar-refractivity contribution in [1.29, 1.82) is 0 Å². The molecule has 0 spiro atoms. The first kappa shape index (κ1) is 13.3. The van der Waals surface area contributed by atoms with Gasteiger partial charge in [-0.15, -0.1) is 0 Å². The van der Waals surface area contributed by atoms with Gasteiger partial charge in [-0.2, -0.15) is 0 Å². The maximum Gasteiger partial charge on any atom is 0.124 e. The number of halogens is 3. The van der Waals surface area contributed by atoms with Crippen LogP contribution in [0.4, 0.5) is 4.39 Å². The summed E-state index contributed by atoms with van der Waals surface area (Å²) in [6, 6.07) is 12.0. The molecule has 4 heteroatoms. The van der Waals surface area contributed by atoms with Gasteiger partial charge in [-0.25, -0.2) is 4.39 Å². The van der Waals surface area contributed by atoms with Crippen LogP contribution in [0.15, 0.2) is 42.5 Å². The van der Waals surface area contributed by atoms with Crippen molar-refractivity contribution >= 4 is 23.2 Å². The lowest BCUT2D eigenvalue weighted by Crippen LogP contribution is -2.13. The molecule has 94 valence electrons. The summed E-state index contributed by atoms with van der Waals surface area (Å²) in [6.45, 7) is 1.28. The zero-order valence-corrected chi connectivity index (χ0v) is 11.1. The molecule has 0 aliphatic carbocycles. The Hall–Kier alpha value is -1.09. The fraction of sp³-hybridized carbons (Fsp3) is 0.143. The number of benzene rings is 2. The average molecular weight is 284 g/mol. The van der Waals surface area contributed by atoms with Gasteiger partial charge in [0.05, 0.1) is 0 Å². The Morgan fingerprint density at radius 1 is 1.00 bits per heavy atom. The smallest absolute Gasteiger partial charge is 0.124 e. The van der Waals surface area contributed by atoms with E-state index in [1.807, 2.05) is 24.3 Å². The molecular formula is C14H12Cl2FN. The fourth-order valence-corrected chi connectivity index (χ4v) is 2.10. The van der Waals surface area contributed by atoms with Crippen molar-refractivity contribution in [1.82, 2.24) is 5.32 Å². The summed E-state index contributed by atoms with van der Waals surface area (Å²) in [6.07, 6.45) is 0. The van der Waals surface area contributed by atoms with Crippen LogP contribution in [-0.2, 0) is 13.1 Å². The predicted molar refractivity (Wildman–Crippen MR) is 73.4 cm³/mol. The van der Waals surface area contributed by atoms with Crippen LogP contribution in [0.3, 0.4) is 0 Å². The van der Waals surface area contributed by atoms with Crippen molar-refractivity contribution in [3.63, 3.8) is 0 Å². The van der Waals surface area contributed by atoms with Crippen LogP contribution >= 0.6 is 23.2 Å². The van der Waals surface area contributed by atoms with Gasteiger partial charge < -0.3 is 5.32 Å². The molecule has 0 radical (unpaired) electrons. The SMILES string of the molecule is Fc1ccc(CNCc2cccc(Cl)c2)c(Cl)c1. The van der Waals surface area contributed by atoms with E-state index in [1.165, 1.54) is 12.1 Å². The summed E-state index contributed by atoms with van der Waals surface area (Å²) >= 11 is 11.8. The van der Waals surface area contributed by atoms with Gasteiger partial charge >= 0.3 is 0 Å². The Balaban J connectivity index is 1.92. The fourth-order valence-electron chi connectivity index (χ4n) is 1.65. The normalized spacial score (nSPS) is 10.6. The van der Waals surface area contributed by atoms with Gasteiger partial charge in [0.1, 0.15) is 5.82 Å². The van der Waals surface area contributed by atoms with Crippen LogP contribution in [0.2, 0.25) is 10.0 Å². The molecule has 1 N–H and O–H groups in total. The largest absolute Gasteiger partial charge is 0.309 e. The minimum atomic E-state index is -0.321. The number of rotatable bonds is 4. The highest BCUT2D eigenvalue weighted by atomic mass is 35.5. The number of hydrogen-bond donors (Lipinski definition) is 1. The molecule has 2 aromatic carbocycles. The summed E-state index contributed by atoms with van der Waals surface area (Å²) in [7, 11) is 0. The number of nitrogens with one attached hydrogen (secondary N) is 1. The van der Waals surface area contributed by atoms with E-state index >= 15 is 0 Å². The standard InChI is InChI=1S/C14H12Cl2FN/c15-12-3-1-2-10(6-12)8-18-9-11-4-5-13(17)7-14(11)16/h1-7,18H,8-9H2. The zero-order valence-electron chi connectivity index (χ0n) is 9.59. The van der Waals surface area contributed by atoms with E-state index in [0.717, 1.165) is 11.1 Å². The first-order chi connectivity index (χ1) is 8.65. The molecule has 0 amide bonds. The van der Waals surface area contributed by atoms with Crippen LogP contribution in [0, 0.1) is 5.82 Å². The van der Waals surface area contributed by atoms with E-state index in [1.54, 1.807) is 6.07 Å². The minimum Gasteiger partial charge on any atom is -0.309 e. The monoisotopic (exact) mass is 283 g/mol. The molecule has 0 atom stereocenters. The Labute approximate surface area is 116 Å². The van der Waals surface area contributed by atoms with Crippen LogP contribution in [0.25, 0.3) is 0 Å². The lowest BCUT2D eigenvalue weighted by atomic mass is 10.2. The van der Waals surface area contributed by atoms with Gasteiger partial charge in [0.25, 0.3) is 0 Å². The molecule has 0 unspecified atom stereocenters. The molecule has 0 heterocycles. The molecule has 0 aromatic heterocycles. The Kier molecular flexibility index (Phi) is 4.59. The average Bonchev–Trinajstić information content (AvgIpc) is 2.32. The van der Waals surface area contributed by atoms with Gasteiger partial charge in [-0.3, -0.25) is 0 Å². The summed E-state index contributed by atoms with van der Waals surface area (Å²) in [5.74, 6) is -0.321. The van der Waals surface area contributed by atoms with E-state index in [9.17, 15) is 4.39 Å². The second-order valence-electron chi connectivity index (χ2n) is 3.97. The molecule has 0 fully saturated rings. The summed E-state index contributed by atoms with van der Waals surface area (Å²) < 4.78 is 12.9. The highest BCUT2D eigenvalue weighted by Crippen LogP contribution is 2.17. The van der Waals surface area contributed by atoms with E-state index in [-0.39, 0.29) is 5.82 Å². The Morgan fingerprint density at radius 2 is 1.83 bits per heavy atom. The van der Waals surface area contributed by atoms with E-state index in [0.29, 0.717) is 23.1 Å². The van der Waals surface area contributed by atoms with Crippen molar-refractivity contribution < 1.29 is 4.39 Å². The maximum absolute atomic E-state index is 12.9. The van der Waals surface area contributed by atoms with Gasteiger partial charge in [-0.1, -0.05) is 41.4 Å². The second-order valence-corrected chi connectivity index (χ2v) is 4.81. The Morgan fingerprint density at radius 3 is 2.56 bits per heavy atom. The summed E-state index contributed by atoms with van der Waals surface area (Å²) in [5.41, 5.74) is 1.97. The van der Waals surface area contributed by atoms with Gasteiger partial charge in [0.2, 0.25) is 0 Å². The van der Waals surface area contributed by atoms with E-state index in [4.69, 9.17) is 23.2 Å².